The van der Waals surface area contributed by atoms with E-state index in [1.54, 1.807) is 0 Å². The van der Waals surface area contributed by atoms with Gasteiger partial charge in [0.05, 0.1) is 11.0 Å². The van der Waals surface area contributed by atoms with Crippen molar-refractivity contribution in [2.75, 3.05) is 0 Å². The van der Waals surface area contributed by atoms with Gasteiger partial charge in [0.2, 0.25) is 0 Å². The fourth-order valence-corrected chi connectivity index (χ4v) is 1.92. The maximum absolute atomic E-state index is 5.93. The monoisotopic (exact) mass is 220 g/mol. The molecule has 0 fully saturated rings. The minimum atomic E-state index is 0.730. The number of hydrogen-bond acceptors (Lipinski definition) is 1. The molecule has 78 valence electrons. The zero-order valence-electron chi connectivity index (χ0n) is 8.70. The largest absolute Gasteiger partial charge is 0.324 e. The predicted molar refractivity (Wildman–Crippen MR) is 64.3 cm³/mol. The minimum Gasteiger partial charge on any atom is -0.324 e. The SMILES string of the molecule is C=CCn1c(CC)nc2cc(Cl)ccc21. The number of fused-ring (bicyclic) bond motifs is 1. The Hall–Kier alpha value is -1.28. The third-order valence-electron chi connectivity index (χ3n) is 2.42. The van der Waals surface area contributed by atoms with Crippen LogP contribution < -0.4 is 0 Å². The highest BCUT2D eigenvalue weighted by Crippen LogP contribution is 2.20. The van der Waals surface area contributed by atoms with E-state index in [9.17, 15) is 0 Å². The van der Waals surface area contributed by atoms with Crippen molar-refractivity contribution >= 4 is 22.6 Å². The number of hydrogen-bond donors (Lipinski definition) is 0. The summed E-state index contributed by atoms with van der Waals surface area (Å²) in [6.07, 6.45) is 2.80. The first-order valence-electron chi connectivity index (χ1n) is 5.01. The fourth-order valence-electron chi connectivity index (χ4n) is 1.76. The molecule has 3 heteroatoms. The van der Waals surface area contributed by atoms with Gasteiger partial charge in [0.25, 0.3) is 0 Å². The Morgan fingerprint density at radius 1 is 1.53 bits per heavy atom. The third-order valence-corrected chi connectivity index (χ3v) is 2.65. The molecule has 1 aromatic carbocycles. The van der Waals surface area contributed by atoms with Crippen LogP contribution in [0.5, 0.6) is 0 Å². The van der Waals surface area contributed by atoms with E-state index in [4.69, 9.17) is 11.6 Å². The van der Waals surface area contributed by atoms with Gasteiger partial charge in [-0.3, -0.25) is 0 Å². The number of rotatable bonds is 3. The number of aromatic nitrogens is 2. The summed E-state index contributed by atoms with van der Waals surface area (Å²) < 4.78 is 2.17. The Bertz CT molecular complexity index is 500. The van der Waals surface area contributed by atoms with Crippen molar-refractivity contribution in [1.82, 2.24) is 9.55 Å². The molecule has 0 spiro atoms. The van der Waals surface area contributed by atoms with Crippen LogP contribution in [0.1, 0.15) is 12.7 Å². The summed E-state index contributed by atoms with van der Waals surface area (Å²) in [7, 11) is 0. The standard InChI is InChI=1S/C12H13ClN2/c1-3-7-15-11-6-5-9(13)8-10(11)14-12(15)4-2/h3,5-6,8H,1,4,7H2,2H3. The van der Waals surface area contributed by atoms with Crippen molar-refractivity contribution in [1.29, 1.82) is 0 Å². The van der Waals surface area contributed by atoms with Crippen LogP contribution in [-0.2, 0) is 13.0 Å². The van der Waals surface area contributed by atoms with Crippen molar-refractivity contribution in [3.05, 3.63) is 41.7 Å². The molecule has 0 unspecified atom stereocenters. The van der Waals surface area contributed by atoms with Crippen molar-refractivity contribution < 1.29 is 0 Å². The summed E-state index contributed by atoms with van der Waals surface area (Å²) in [6.45, 7) is 6.65. The van der Waals surface area contributed by atoms with Gasteiger partial charge >= 0.3 is 0 Å². The van der Waals surface area contributed by atoms with Crippen LogP contribution in [0.15, 0.2) is 30.9 Å². The van der Waals surface area contributed by atoms with Crippen molar-refractivity contribution in [3.63, 3.8) is 0 Å². The molecular weight excluding hydrogens is 208 g/mol. The molecule has 0 amide bonds. The number of aryl methyl sites for hydroxylation is 1. The highest BCUT2D eigenvalue weighted by molar-refractivity contribution is 6.31. The lowest BCUT2D eigenvalue weighted by molar-refractivity contribution is 0.770. The van der Waals surface area contributed by atoms with Gasteiger partial charge in [0.15, 0.2) is 0 Å². The molecule has 1 heterocycles. The second-order valence-corrected chi connectivity index (χ2v) is 3.85. The molecule has 0 aliphatic heterocycles. The van der Waals surface area contributed by atoms with E-state index < -0.39 is 0 Å². The highest BCUT2D eigenvalue weighted by atomic mass is 35.5. The van der Waals surface area contributed by atoms with E-state index in [2.05, 4.69) is 23.1 Å². The molecule has 0 atom stereocenters. The number of allylic oxidation sites excluding steroid dienone is 1. The lowest BCUT2D eigenvalue weighted by Crippen LogP contribution is -2.00. The number of nitrogens with zero attached hydrogens (tertiary/aromatic N) is 2. The lowest BCUT2D eigenvalue weighted by atomic mass is 10.3. The second-order valence-electron chi connectivity index (χ2n) is 3.41. The van der Waals surface area contributed by atoms with Crippen molar-refractivity contribution in [2.24, 2.45) is 0 Å². The van der Waals surface area contributed by atoms with Gasteiger partial charge in [-0.25, -0.2) is 4.98 Å². The van der Waals surface area contributed by atoms with Crippen LogP contribution in [0.2, 0.25) is 5.02 Å². The Balaban J connectivity index is 2.68. The molecule has 15 heavy (non-hydrogen) atoms. The topological polar surface area (TPSA) is 17.8 Å². The summed E-state index contributed by atoms with van der Waals surface area (Å²) in [5.74, 6) is 1.08. The molecule has 0 saturated carbocycles. The molecule has 2 rings (SSSR count). The van der Waals surface area contributed by atoms with Gasteiger partial charge < -0.3 is 4.57 Å². The number of benzene rings is 1. The summed E-state index contributed by atoms with van der Waals surface area (Å²) in [4.78, 5) is 4.54. The van der Waals surface area contributed by atoms with E-state index in [1.165, 1.54) is 0 Å². The maximum atomic E-state index is 5.93. The fraction of sp³-hybridized carbons (Fsp3) is 0.250. The molecule has 1 aromatic heterocycles. The smallest absolute Gasteiger partial charge is 0.109 e. The highest BCUT2D eigenvalue weighted by Gasteiger charge is 2.07. The summed E-state index contributed by atoms with van der Waals surface area (Å²) >= 11 is 5.93. The van der Waals surface area contributed by atoms with Crippen LogP contribution in [-0.4, -0.2) is 9.55 Å². The average Bonchev–Trinajstić information content (AvgIpc) is 2.56. The van der Waals surface area contributed by atoms with Gasteiger partial charge in [0.1, 0.15) is 5.82 Å². The van der Waals surface area contributed by atoms with Crippen LogP contribution in [0.3, 0.4) is 0 Å². The number of halogens is 1. The zero-order valence-corrected chi connectivity index (χ0v) is 9.46. The van der Waals surface area contributed by atoms with Crippen LogP contribution in [0.25, 0.3) is 11.0 Å². The predicted octanol–water partition coefficient (Wildman–Crippen LogP) is 3.44. The average molecular weight is 221 g/mol. The van der Waals surface area contributed by atoms with Gasteiger partial charge in [0, 0.05) is 18.0 Å². The molecular formula is C12H13ClN2. The first-order chi connectivity index (χ1) is 7.26. The molecule has 0 aliphatic carbocycles. The Kier molecular flexibility index (Phi) is 2.78. The summed E-state index contributed by atoms with van der Waals surface area (Å²) in [5, 5.41) is 0.730. The van der Waals surface area contributed by atoms with E-state index >= 15 is 0 Å². The third kappa shape index (κ3) is 1.77. The molecule has 2 nitrogen and oxygen atoms in total. The molecule has 0 N–H and O–H groups in total. The summed E-state index contributed by atoms with van der Waals surface area (Å²) in [6, 6.07) is 5.80. The minimum absolute atomic E-state index is 0.730. The molecule has 2 aromatic rings. The van der Waals surface area contributed by atoms with Gasteiger partial charge in [-0.1, -0.05) is 24.6 Å². The molecule has 0 aliphatic rings. The quantitative estimate of drug-likeness (QED) is 0.725. The van der Waals surface area contributed by atoms with Gasteiger partial charge in [-0.2, -0.15) is 0 Å². The van der Waals surface area contributed by atoms with E-state index in [0.717, 1.165) is 34.8 Å². The normalized spacial score (nSPS) is 10.8. The van der Waals surface area contributed by atoms with Gasteiger partial charge in [-0.05, 0) is 18.2 Å². The molecule has 0 bridgehead atoms. The van der Waals surface area contributed by atoms with E-state index in [-0.39, 0.29) is 0 Å². The molecule has 0 radical (unpaired) electrons. The van der Waals surface area contributed by atoms with Crippen LogP contribution in [0.4, 0.5) is 0 Å². The maximum Gasteiger partial charge on any atom is 0.109 e. The second kappa shape index (κ2) is 4.07. The summed E-state index contributed by atoms with van der Waals surface area (Å²) in [5.41, 5.74) is 2.08. The first kappa shape index (κ1) is 10.2. The van der Waals surface area contributed by atoms with E-state index in [0.29, 0.717) is 0 Å². The Morgan fingerprint density at radius 3 is 3.00 bits per heavy atom. The zero-order chi connectivity index (χ0) is 10.8. The molecule has 0 saturated heterocycles. The van der Waals surface area contributed by atoms with Gasteiger partial charge in [-0.15, -0.1) is 6.58 Å². The lowest BCUT2D eigenvalue weighted by Gasteiger charge is -2.03. The van der Waals surface area contributed by atoms with Crippen molar-refractivity contribution in [2.45, 2.75) is 19.9 Å². The van der Waals surface area contributed by atoms with Crippen LogP contribution >= 0.6 is 11.6 Å². The Morgan fingerprint density at radius 2 is 2.33 bits per heavy atom. The Labute approximate surface area is 94.2 Å². The van der Waals surface area contributed by atoms with Crippen molar-refractivity contribution in [3.8, 4) is 0 Å². The number of imidazole rings is 1. The first-order valence-corrected chi connectivity index (χ1v) is 5.39. The van der Waals surface area contributed by atoms with E-state index in [1.807, 2.05) is 24.3 Å². The van der Waals surface area contributed by atoms with Crippen LogP contribution in [0, 0.1) is 0 Å².